The minimum Gasteiger partial charge on any atom is -0.468 e. The van der Waals surface area contributed by atoms with Crippen LogP contribution in [0.15, 0.2) is 0 Å². The monoisotopic (exact) mass is 265 g/mol. The molecule has 6 heteroatoms. The summed E-state index contributed by atoms with van der Waals surface area (Å²) in [6.45, 7) is 7.65. The Bertz CT molecular complexity index is 335. The van der Waals surface area contributed by atoms with Crippen LogP contribution in [-0.4, -0.2) is 56.5 Å². The molecule has 5 nitrogen and oxygen atoms in total. The van der Waals surface area contributed by atoms with Crippen LogP contribution < -0.4 is 0 Å². The molecular weight excluding hydrogens is 242 g/mol. The van der Waals surface area contributed by atoms with Gasteiger partial charge in [-0.2, -0.15) is 0 Å². The average molecular weight is 265 g/mol. The Hall–Kier alpha value is -0.620. The van der Waals surface area contributed by atoms with Crippen molar-refractivity contribution in [1.82, 2.24) is 4.90 Å². The number of rotatable bonds is 7. The second-order valence-corrected chi connectivity index (χ2v) is 7.23. The van der Waals surface area contributed by atoms with E-state index in [0.717, 1.165) is 0 Å². The number of ether oxygens (including phenoxy) is 1. The fourth-order valence-electron chi connectivity index (χ4n) is 1.23. The Labute approximate surface area is 104 Å². The summed E-state index contributed by atoms with van der Waals surface area (Å²) in [5.74, 6) is -0.277. The van der Waals surface area contributed by atoms with Gasteiger partial charge in [-0.1, -0.05) is 0 Å². The first-order chi connectivity index (χ1) is 7.70. The maximum Gasteiger partial charge on any atom is 0.319 e. The largest absolute Gasteiger partial charge is 0.468 e. The molecule has 0 fully saturated rings. The van der Waals surface area contributed by atoms with Gasteiger partial charge < -0.3 is 4.74 Å². The number of hydrogen-bond donors (Lipinski definition) is 0. The van der Waals surface area contributed by atoms with Crippen LogP contribution in [0.5, 0.6) is 0 Å². The number of carbonyl (C=O) groups excluding carboxylic acids is 1. The van der Waals surface area contributed by atoms with Gasteiger partial charge in [0.15, 0.2) is 9.84 Å². The molecule has 0 radical (unpaired) electrons. The molecule has 0 saturated carbocycles. The molecule has 0 atom stereocenters. The summed E-state index contributed by atoms with van der Waals surface area (Å²) in [4.78, 5) is 13.0. The number of carbonyl (C=O) groups is 1. The third-order valence-corrected chi connectivity index (χ3v) is 4.86. The van der Waals surface area contributed by atoms with Gasteiger partial charge in [0.1, 0.15) is 0 Å². The molecule has 0 spiro atoms. The van der Waals surface area contributed by atoms with E-state index in [1.165, 1.54) is 7.11 Å². The smallest absolute Gasteiger partial charge is 0.319 e. The molecule has 0 saturated heterocycles. The van der Waals surface area contributed by atoms with Crippen molar-refractivity contribution >= 4 is 15.8 Å². The second-order valence-electron chi connectivity index (χ2n) is 4.56. The van der Waals surface area contributed by atoms with Crippen LogP contribution in [-0.2, 0) is 19.4 Å². The molecule has 0 aromatic rings. The Morgan fingerprint density at radius 2 is 1.76 bits per heavy atom. The van der Waals surface area contributed by atoms with Gasteiger partial charge in [0, 0.05) is 12.6 Å². The predicted molar refractivity (Wildman–Crippen MR) is 67.6 cm³/mol. The molecule has 0 aromatic carbocycles. The zero-order chi connectivity index (χ0) is 13.6. The van der Waals surface area contributed by atoms with Crippen molar-refractivity contribution in [2.45, 2.75) is 39.0 Å². The molecule has 17 heavy (non-hydrogen) atoms. The Kier molecular flexibility index (Phi) is 6.70. The third kappa shape index (κ3) is 6.02. The van der Waals surface area contributed by atoms with Crippen molar-refractivity contribution in [2.24, 2.45) is 0 Å². The lowest BCUT2D eigenvalue weighted by atomic mass is 10.3. The Morgan fingerprint density at radius 3 is 2.12 bits per heavy atom. The van der Waals surface area contributed by atoms with E-state index in [9.17, 15) is 13.2 Å². The zero-order valence-corrected chi connectivity index (χ0v) is 12.1. The average Bonchev–Trinajstić information content (AvgIpc) is 2.22. The van der Waals surface area contributed by atoms with Crippen LogP contribution in [0.1, 0.15) is 27.7 Å². The molecule has 0 aliphatic carbocycles. The first kappa shape index (κ1) is 16.4. The van der Waals surface area contributed by atoms with Gasteiger partial charge in [-0.05, 0) is 27.7 Å². The quantitative estimate of drug-likeness (QED) is 0.634. The highest BCUT2D eigenvalue weighted by molar-refractivity contribution is 7.92. The van der Waals surface area contributed by atoms with Crippen LogP contribution in [0.3, 0.4) is 0 Å². The summed E-state index contributed by atoms with van der Waals surface area (Å²) in [6, 6.07) is 0.108. The molecule has 0 aliphatic rings. The Morgan fingerprint density at radius 1 is 1.24 bits per heavy atom. The predicted octanol–water partition coefficient (Wildman–Crippen LogP) is 0.693. The number of nitrogens with zero attached hydrogens (tertiary/aromatic N) is 1. The highest BCUT2D eigenvalue weighted by Crippen LogP contribution is 2.04. The molecule has 0 aromatic heterocycles. The van der Waals surface area contributed by atoms with Crippen molar-refractivity contribution in [3.63, 3.8) is 0 Å². The summed E-state index contributed by atoms with van der Waals surface area (Å²) in [5, 5.41) is -0.380. The fourth-order valence-corrected chi connectivity index (χ4v) is 2.19. The van der Waals surface area contributed by atoms with Crippen molar-refractivity contribution in [3.8, 4) is 0 Å². The van der Waals surface area contributed by atoms with Gasteiger partial charge in [-0.3, -0.25) is 9.69 Å². The number of sulfone groups is 1. The standard InChI is InChI=1S/C11H23NO4S/c1-9(2)12(8-11(13)16-5)6-7-17(14,15)10(3)4/h9-10H,6-8H2,1-5H3. The fraction of sp³-hybridized carbons (Fsp3) is 0.909. The molecular formula is C11H23NO4S. The van der Waals surface area contributed by atoms with Crippen LogP contribution in [0, 0.1) is 0 Å². The maximum absolute atomic E-state index is 11.7. The lowest BCUT2D eigenvalue weighted by Crippen LogP contribution is -2.40. The minimum absolute atomic E-state index is 0.0693. The van der Waals surface area contributed by atoms with E-state index in [2.05, 4.69) is 4.74 Å². The van der Waals surface area contributed by atoms with E-state index >= 15 is 0 Å². The number of methoxy groups -OCH3 is 1. The molecule has 0 heterocycles. The first-order valence-electron chi connectivity index (χ1n) is 5.73. The summed E-state index contributed by atoms with van der Waals surface area (Å²) in [5.41, 5.74) is 0. The van der Waals surface area contributed by atoms with Crippen molar-refractivity contribution in [3.05, 3.63) is 0 Å². The lowest BCUT2D eigenvalue weighted by molar-refractivity contribution is -0.142. The van der Waals surface area contributed by atoms with Gasteiger partial charge >= 0.3 is 5.97 Å². The molecule has 0 aliphatic heterocycles. The number of esters is 1. The second kappa shape index (κ2) is 6.96. The van der Waals surface area contributed by atoms with Crippen LogP contribution in [0.2, 0.25) is 0 Å². The molecule has 0 rings (SSSR count). The van der Waals surface area contributed by atoms with Gasteiger partial charge in [0.05, 0.1) is 24.7 Å². The summed E-state index contributed by atoms with van der Waals surface area (Å²) >= 11 is 0. The van der Waals surface area contributed by atoms with E-state index in [0.29, 0.717) is 6.54 Å². The highest BCUT2D eigenvalue weighted by Gasteiger charge is 2.20. The van der Waals surface area contributed by atoms with Crippen molar-refractivity contribution in [2.75, 3.05) is 26.0 Å². The Balaban J connectivity index is 4.43. The molecule has 0 amide bonds. The number of hydrogen-bond acceptors (Lipinski definition) is 5. The van der Waals surface area contributed by atoms with Gasteiger partial charge in [-0.25, -0.2) is 8.42 Å². The first-order valence-corrected chi connectivity index (χ1v) is 7.44. The normalized spacial score (nSPS) is 12.5. The van der Waals surface area contributed by atoms with Crippen molar-refractivity contribution < 1.29 is 17.9 Å². The summed E-state index contributed by atoms with van der Waals surface area (Å²) in [7, 11) is -1.74. The highest BCUT2D eigenvalue weighted by atomic mass is 32.2. The maximum atomic E-state index is 11.7. The van der Waals surface area contributed by atoms with Crippen molar-refractivity contribution in [1.29, 1.82) is 0 Å². The zero-order valence-electron chi connectivity index (χ0n) is 11.3. The summed E-state index contributed by atoms with van der Waals surface area (Å²) < 4.78 is 27.9. The lowest BCUT2D eigenvalue weighted by Gasteiger charge is -2.25. The van der Waals surface area contributed by atoms with Gasteiger partial charge in [-0.15, -0.1) is 0 Å². The van der Waals surface area contributed by atoms with E-state index in [-0.39, 0.29) is 29.6 Å². The summed E-state index contributed by atoms with van der Waals surface area (Å²) in [6.07, 6.45) is 0. The van der Waals surface area contributed by atoms with Crippen LogP contribution in [0.4, 0.5) is 0 Å². The third-order valence-electron chi connectivity index (χ3n) is 2.67. The molecule has 0 unspecified atom stereocenters. The topological polar surface area (TPSA) is 63.7 Å². The van der Waals surface area contributed by atoms with E-state index in [4.69, 9.17) is 0 Å². The van der Waals surface area contributed by atoms with E-state index < -0.39 is 9.84 Å². The minimum atomic E-state index is -3.06. The van der Waals surface area contributed by atoms with Crippen LogP contribution >= 0.6 is 0 Å². The van der Waals surface area contributed by atoms with Gasteiger partial charge in [0.2, 0.25) is 0 Å². The molecule has 0 N–H and O–H groups in total. The molecule has 0 bridgehead atoms. The van der Waals surface area contributed by atoms with Crippen LogP contribution in [0.25, 0.3) is 0 Å². The molecule has 102 valence electrons. The van der Waals surface area contributed by atoms with Gasteiger partial charge in [0.25, 0.3) is 0 Å². The van der Waals surface area contributed by atoms with E-state index in [1.54, 1.807) is 18.7 Å². The SMILES string of the molecule is COC(=O)CN(CCS(=O)(=O)C(C)C)C(C)C. The van der Waals surface area contributed by atoms with E-state index in [1.807, 2.05) is 13.8 Å².